The Morgan fingerprint density at radius 3 is 1.85 bits per heavy atom. The number of hydrogen-bond acceptors (Lipinski definition) is 0. The maximum Gasteiger partial charge on any atom is -0.0271 e. The lowest BCUT2D eigenvalue weighted by Gasteiger charge is -2.32. The molecule has 0 aliphatic rings. The van der Waals surface area contributed by atoms with Crippen LogP contribution in [0.1, 0.15) is 61.3 Å². The van der Waals surface area contributed by atoms with Crippen LogP contribution in [0.2, 0.25) is 0 Å². The number of allylic oxidation sites excluding steroid dienone is 2. The molecule has 0 aromatic rings. The number of rotatable bonds is 3. The molecule has 13 heavy (non-hydrogen) atoms. The summed E-state index contributed by atoms with van der Waals surface area (Å²) in [6.07, 6.45) is 4.73. The fraction of sp³-hybridized carbons (Fsp3) is 0.846. The minimum Gasteiger partial charge on any atom is -0.0887 e. The molecule has 0 heteroatoms. The predicted molar refractivity (Wildman–Crippen MR) is 61.9 cm³/mol. The molecular weight excluding hydrogens is 156 g/mol. The fourth-order valence-corrected chi connectivity index (χ4v) is 2.36. The summed E-state index contributed by atoms with van der Waals surface area (Å²) in [5.74, 6) is 0. The van der Waals surface area contributed by atoms with E-state index in [-0.39, 0.29) is 0 Å². The van der Waals surface area contributed by atoms with Crippen LogP contribution in [0.25, 0.3) is 0 Å². The van der Waals surface area contributed by atoms with Crippen molar-refractivity contribution in [1.82, 2.24) is 0 Å². The highest BCUT2D eigenvalue weighted by atomic mass is 14.3. The molecule has 0 saturated heterocycles. The van der Waals surface area contributed by atoms with E-state index in [4.69, 9.17) is 0 Å². The van der Waals surface area contributed by atoms with Crippen molar-refractivity contribution in [2.24, 2.45) is 10.8 Å². The van der Waals surface area contributed by atoms with Crippen LogP contribution in [0.4, 0.5) is 0 Å². The number of hydrogen-bond donors (Lipinski definition) is 0. The van der Waals surface area contributed by atoms with Gasteiger partial charge in [-0.1, -0.05) is 46.3 Å². The van der Waals surface area contributed by atoms with E-state index in [9.17, 15) is 0 Å². The zero-order valence-electron chi connectivity index (χ0n) is 10.5. The van der Waals surface area contributed by atoms with Crippen LogP contribution in [0, 0.1) is 10.8 Å². The summed E-state index contributed by atoms with van der Waals surface area (Å²) in [4.78, 5) is 0. The van der Waals surface area contributed by atoms with Crippen LogP contribution in [0.3, 0.4) is 0 Å². The molecule has 0 rings (SSSR count). The molecule has 0 unspecified atom stereocenters. The van der Waals surface area contributed by atoms with Gasteiger partial charge in [0.2, 0.25) is 0 Å². The smallest absolute Gasteiger partial charge is 0.0271 e. The van der Waals surface area contributed by atoms with Crippen molar-refractivity contribution >= 4 is 0 Å². The van der Waals surface area contributed by atoms with Gasteiger partial charge < -0.3 is 0 Å². The van der Waals surface area contributed by atoms with Gasteiger partial charge in [-0.2, -0.15) is 0 Å². The van der Waals surface area contributed by atoms with Crippen LogP contribution in [0.5, 0.6) is 0 Å². The molecule has 78 valence electrons. The Morgan fingerprint density at radius 1 is 1.08 bits per heavy atom. The Hall–Kier alpha value is -0.260. The van der Waals surface area contributed by atoms with Gasteiger partial charge in [-0.25, -0.2) is 0 Å². The first-order valence-corrected chi connectivity index (χ1v) is 5.28. The summed E-state index contributed by atoms with van der Waals surface area (Å²) in [6.45, 7) is 16.0. The summed E-state index contributed by atoms with van der Waals surface area (Å²) in [5, 5.41) is 0. The molecule has 0 amide bonds. The highest BCUT2D eigenvalue weighted by Gasteiger charge is 2.25. The highest BCUT2D eigenvalue weighted by Crippen LogP contribution is 2.37. The van der Waals surface area contributed by atoms with E-state index in [1.165, 1.54) is 18.4 Å². The first-order valence-electron chi connectivity index (χ1n) is 5.28. The van der Waals surface area contributed by atoms with Crippen molar-refractivity contribution < 1.29 is 0 Å². The standard InChI is InChI=1S/C13H26/c1-8-11(2)9-13(6,7)10-12(3,4)5/h8H,9-10H2,1-7H3/b11-8+. The Kier molecular flexibility index (Phi) is 4.22. The van der Waals surface area contributed by atoms with Crippen molar-refractivity contribution in [3.8, 4) is 0 Å². The van der Waals surface area contributed by atoms with Gasteiger partial charge in [0.05, 0.1) is 0 Å². The summed E-state index contributed by atoms with van der Waals surface area (Å²) >= 11 is 0. The first-order chi connectivity index (χ1) is 5.66. The quantitative estimate of drug-likeness (QED) is 0.550. The van der Waals surface area contributed by atoms with E-state index in [2.05, 4.69) is 54.5 Å². The molecule has 0 bridgehead atoms. The van der Waals surface area contributed by atoms with Crippen LogP contribution in [-0.2, 0) is 0 Å². The van der Waals surface area contributed by atoms with E-state index in [0.29, 0.717) is 10.8 Å². The largest absolute Gasteiger partial charge is 0.0887 e. The maximum atomic E-state index is 2.37. The van der Waals surface area contributed by atoms with Gasteiger partial charge in [0, 0.05) is 0 Å². The molecule has 0 aromatic heterocycles. The van der Waals surface area contributed by atoms with Gasteiger partial charge >= 0.3 is 0 Å². The molecule has 0 aliphatic heterocycles. The van der Waals surface area contributed by atoms with Crippen molar-refractivity contribution in [2.45, 2.75) is 61.3 Å². The van der Waals surface area contributed by atoms with E-state index in [1.807, 2.05) is 0 Å². The average Bonchev–Trinajstić information content (AvgIpc) is 1.80. The van der Waals surface area contributed by atoms with E-state index in [1.54, 1.807) is 0 Å². The summed E-state index contributed by atoms with van der Waals surface area (Å²) in [7, 11) is 0. The minimum atomic E-state index is 0.439. The molecular formula is C13H26. The van der Waals surface area contributed by atoms with Gasteiger partial charge in [0.15, 0.2) is 0 Å². The molecule has 0 spiro atoms. The monoisotopic (exact) mass is 182 g/mol. The zero-order chi connectivity index (χ0) is 10.7. The summed E-state index contributed by atoms with van der Waals surface area (Å²) in [6, 6.07) is 0. The molecule has 0 N–H and O–H groups in total. The van der Waals surface area contributed by atoms with Gasteiger partial charge in [0.25, 0.3) is 0 Å². The maximum absolute atomic E-state index is 2.37. The van der Waals surface area contributed by atoms with Crippen molar-refractivity contribution in [2.75, 3.05) is 0 Å². The Balaban J connectivity index is 4.25. The molecule has 0 aliphatic carbocycles. The first kappa shape index (κ1) is 12.7. The third kappa shape index (κ3) is 6.86. The van der Waals surface area contributed by atoms with Crippen LogP contribution in [0.15, 0.2) is 11.6 Å². The SMILES string of the molecule is C/C=C(\C)CC(C)(C)CC(C)(C)C. The van der Waals surface area contributed by atoms with E-state index < -0.39 is 0 Å². The topological polar surface area (TPSA) is 0 Å². The van der Waals surface area contributed by atoms with Crippen LogP contribution < -0.4 is 0 Å². The average molecular weight is 182 g/mol. The second-order valence-corrected chi connectivity index (χ2v) is 6.21. The second-order valence-electron chi connectivity index (χ2n) is 6.21. The lowest BCUT2D eigenvalue weighted by Crippen LogP contribution is -2.20. The van der Waals surface area contributed by atoms with E-state index >= 15 is 0 Å². The van der Waals surface area contributed by atoms with Crippen molar-refractivity contribution in [3.05, 3.63) is 11.6 Å². The second kappa shape index (κ2) is 4.30. The third-order valence-electron chi connectivity index (χ3n) is 2.26. The Labute approximate surface area is 84.4 Å². The Bertz CT molecular complexity index is 177. The summed E-state index contributed by atoms with van der Waals surface area (Å²) < 4.78 is 0. The molecule has 0 radical (unpaired) electrons. The van der Waals surface area contributed by atoms with Crippen molar-refractivity contribution in [3.63, 3.8) is 0 Å². The van der Waals surface area contributed by atoms with Gasteiger partial charge in [0.1, 0.15) is 0 Å². The zero-order valence-corrected chi connectivity index (χ0v) is 10.5. The van der Waals surface area contributed by atoms with Gasteiger partial charge in [-0.3, -0.25) is 0 Å². The van der Waals surface area contributed by atoms with Crippen molar-refractivity contribution in [1.29, 1.82) is 0 Å². The Morgan fingerprint density at radius 2 is 1.54 bits per heavy atom. The predicted octanol–water partition coefficient (Wildman–Crippen LogP) is 4.81. The lowest BCUT2D eigenvalue weighted by atomic mass is 9.73. The van der Waals surface area contributed by atoms with Crippen LogP contribution in [-0.4, -0.2) is 0 Å². The molecule has 0 nitrogen and oxygen atoms in total. The lowest BCUT2D eigenvalue weighted by molar-refractivity contribution is 0.211. The normalized spacial score (nSPS) is 14.8. The molecule has 0 saturated carbocycles. The van der Waals surface area contributed by atoms with Gasteiger partial charge in [-0.15, -0.1) is 0 Å². The van der Waals surface area contributed by atoms with Gasteiger partial charge in [-0.05, 0) is 37.5 Å². The molecule has 0 heterocycles. The summed E-state index contributed by atoms with van der Waals surface area (Å²) in [5.41, 5.74) is 2.39. The fourth-order valence-electron chi connectivity index (χ4n) is 2.36. The third-order valence-corrected chi connectivity index (χ3v) is 2.26. The minimum absolute atomic E-state index is 0.439. The molecule has 0 aromatic carbocycles. The van der Waals surface area contributed by atoms with Crippen LogP contribution >= 0.6 is 0 Å². The molecule has 0 fully saturated rings. The molecule has 0 atom stereocenters. The van der Waals surface area contributed by atoms with E-state index in [0.717, 1.165) is 0 Å². The highest BCUT2D eigenvalue weighted by molar-refractivity contribution is 5.00.